The molecular weight excluding hydrogens is 303 g/mol. The fourth-order valence-corrected chi connectivity index (χ4v) is 3.12. The summed E-state index contributed by atoms with van der Waals surface area (Å²) >= 11 is 4.88. The average molecular weight is 315 g/mol. The van der Waals surface area contributed by atoms with Crippen molar-refractivity contribution in [1.82, 2.24) is 4.98 Å². The van der Waals surface area contributed by atoms with Crippen LogP contribution in [0.15, 0.2) is 28.1 Å². The van der Waals surface area contributed by atoms with E-state index in [1.807, 2.05) is 12.3 Å². The van der Waals surface area contributed by atoms with Crippen molar-refractivity contribution in [2.45, 2.75) is 19.4 Å². The summed E-state index contributed by atoms with van der Waals surface area (Å²) in [4.78, 5) is 4.34. The molecule has 0 radical (unpaired) electrons. The van der Waals surface area contributed by atoms with E-state index in [2.05, 4.69) is 20.9 Å². The number of benzene rings is 1. The number of halogens is 2. The molecule has 5 heteroatoms. The van der Waals surface area contributed by atoms with Crippen LogP contribution in [0.4, 0.5) is 4.39 Å². The largest absolute Gasteiger partial charge is 0.323 e. The van der Waals surface area contributed by atoms with Crippen molar-refractivity contribution < 1.29 is 4.39 Å². The summed E-state index contributed by atoms with van der Waals surface area (Å²) in [6.45, 7) is 1.94. The Balaban J connectivity index is 2.22. The van der Waals surface area contributed by atoms with Crippen molar-refractivity contribution in [2.24, 2.45) is 5.73 Å². The molecular formula is C12H12BrFN2S. The zero-order chi connectivity index (χ0) is 12.4. The van der Waals surface area contributed by atoms with Gasteiger partial charge in [-0.05, 0) is 19.1 Å². The van der Waals surface area contributed by atoms with Crippen LogP contribution < -0.4 is 5.73 Å². The number of nitrogens with two attached hydrogens (primary N) is 1. The Bertz CT molecular complexity index is 507. The standard InChI is InChI=1S/C12H12BrFN2S/c1-7-6-17-11(16-7)5-10(15)12-8(13)3-2-4-9(12)14/h2-4,6,10H,5,15H2,1H3. The Morgan fingerprint density at radius 1 is 1.53 bits per heavy atom. The predicted octanol–water partition coefficient (Wildman–Crippen LogP) is 3.60. The van der Waals surface area contributed by atoms with E-state index in [0.717, 1.165) is 10.7 Å². The molecule has 0 bridgehead atoms. The third-order valence-corrected chi connectivity index (χ3v) is 4.11. The highest BCUT2D eigenvalue weighted by Crippen LogP contribution is 2.27. The van der Waals surface area contributed by atoms with Gasteiger partial charge in [0, 0.05) is 33.6 Å². The fraction of sp³-hybridized carbons (Fsp3) is 0.250. The summed E-state index contributed by atoms with van der Waals surface area (Å²) in [7, 11) is 0. The van der Waals surface area contributed by atoms with Crippen LogP contribution >= 0.6 is 27.3 Å². The van der Waals surface area contributed by atoms with Gasteiger partial charge < -0.3 is 5.73 Å². The lowest BCUT2D eigenvalue weighted by molar-refractivity contribution is 0.577. The van der Waals surface area contributed by atoms with Crippen molar-refractivity contribution in [3.05, 3.63) is 50.1 Å². The molecule has 0 aliphatic heterocycles. The summed E-state index contributed by atoms with van der Waals surface area (Å²) in [5, 5.41) is 2.91. The highest BCUT2D eigenvalue weighted by atomic mass is 79.9. The third-order valence-electron chi connectivity index (χ3n) is 2.43. The zero-order valence-corrected chi connectivity index (χ0v) is 11.7. The molecule has 2 rings (SSSR count). The molecule has 1 atom stereocenters. The molecule has 2 nitrogen and oxygen atoms in total. The molecule has 1 aromatic carbocycles. The first-order valence-corrected chi connectivity index (χ1v) is 6.85. The highest BCUT2D eigenvalue weighted by Gasteiger charge is 2.16. The molecule has 0 saturated carbocycles. The quantitative estimate of drug-likeness (QED) is 0.940. The van der Waals surface area contributed by atoms with Gasteiger partial charge in [-0.15, -0.1) is 11.3 Å². The number of thiazole rings is 1. The van der Waals surface area contributed by atoms with E-state index in [-0.39, 0.29) is 11.9 Å². The van der Waals surface area contributed by atoms with Gasteiger partial charge >= 0.3 is 0 Å². The van der Waals surface area contributed by atoms with Crippen molar-refractivity contribution in [2.75, 3.05) is 0 Å². The van der Waals surface area contributed by atoms with Crippen molar-refractivity contribution in [3.8, 4) is 0 Å². The van der Waals surface area contributed by atoms with Gasteiger partial charge in [-0.2, -0.15) is 0 Å². The summed E-state index contributed by atoms with van der Waals surface area (Å²) < 4.78 is 14.4. The molecule has 0 fully saturated rings. The average Bonchev–Trinajstić information content (AvgIpc) is 2.63. The predicted molar refractivity (Wildman–Crippen MR) is 71.6 cm³/mol. The molecule has 0 amide bonds. The molecule has 0 spiro atoms. The molecule has 1 heterocycles. The van der Waals surface area contributed by atoms with E-state index < -0.39 is 0 Å². The number of hydrogen-bond acceptors (Lipinski definition) is 3. The van der Waals surface area contributed by atoms with Gasteiger partial charge in [-0.1, -0.05) is 22.0 Å². The van der Waals surface area contributed by atoms with Gasteiger partial charge in [0.1, 0.15) is 5.82 Å². The maximum Gasteiger partial charge on any atom is 0.129 e. The summed E-state index contributed by atoms with van der Waals surface area (Å²) in [6, 6.07) is 4.50. The van der Waals surface area contributed by atoms with Gasteiger partial charge in [-0.3, -0.25) is 0 Å². The molecule has 1 unspecified atom stereocenters. The summed E-state index contributed by atoms with van der Waals surface area (Å²) in [5.74, 6) is -0.278. The van der Waals surface area contributed by atoms with Gasteiger partial charge in [0.25, 0.3) is 0 Å². The second-order valence-electron chi connectivity index (χ2n) is 3.83. The minimum atomic E-state index is -0.379. The summed E-state index contributed by atoms with van der Waals surface area (Å²) in [6.07, 6.45) is 0.554. The zero-order valence-electron chi connectivity index (χ0n) is 9.28. The Morgan fingerprint density at radius 3 is 2.88 bits per heavy atom. The molecule has 2 N–H and O–H groups in total. The topological polar surface area (TPSA) is 38.9 Å². The maximum atomic E-state index is 13.7. The van der Waals surface area contributed by atoms with Gasteiger partial charge in [0.05, 0.1) is 5.01 Å². The number of rotatable bonds is 3. The van der Waals surface area contributed by atoms with Crippen LogP contribution in [0.25, 0.3) is 0 Å². The van der Waals surface area contributed by atoms with E-state index in [9.17, 15) is 4.39 Å². The van der Waals surface area contributed by atoms with Crippen LogP contribution in [-0.4, -0.2) is 4.98 Å². The molecule has 0 saturated heterocycles. The van der Waals surface area contributed by atoms with E-state index in [1.165, 1.54) is 6.07 Å². The van der Waals surface area contributed by atoms with Crippen molar-refractivity contribution >= 4 is 27.3 Å². The first-order valence-electron chi connectivity index (χ1n) is 5.18. The Hall–Kier alpha value is -0.780. The maximum absolute atomic E-state index is 13.7. The molecule has 0 aliphatic rings. The normalized spacial score (nSPS) is 12.7. The van der Waals surface area contributed by atoms with Gasteiger partial charge in [0.2, 0.25) is 0 Å². The number of nitrogens with zero attached hydrogens (tertiary/aromatic N) is 1. The first kappa shape index (κ1) is 12.7. The Morgan fingerprint density at radius 2 is 2.29 bits per heavy atom. The second-order valence-corrected chi connectivity index (χ2v) is 5.63. The lowest BCUT2D eigenvalue weighted by Crippen LogP contribution is -2.15. The van der Waals surface area contributed by atoms with E-state index >= 15 is 0 Å². The fourth-order valence-electron chi connectivity index (χ4n) is 1.65. The lowest BCUT2D eigenvalue weighted by Gasteiger charge is -2.13. The minimum absolute atomic E-state index is 0.278. The third kappa shape index (κ3) is 2.91. The SMILES string of the molecule is Cc1csc(CC(N)c2c(F)cccc2Br)n1. The van der Waals surface area contributed by atoms with Crippen LogP contribution in [0.3, 0.4) is 0 Å². The summed E-state index contributed by atoms with van der Waals surface area (Å²) in [5.41, 5.74) is 7.53. The molecule has 0 aliphatic carbocycles. The Kier molecular flexibility index (Phi) is 3.91. The molecule has 17 heavy (non-hydrogen) atoms. The van der Waals surface area contributed by atoms with Crippen LogP contribution in [0.2, 0.25) is 0 Å². The number of hydrogen-bond donors (Lipinski definition) is 1. The van der Waals surface area contributed by atoms with E-state index in [1.54, 1.807) is 23.5 Å². The van der Waals surface area contributed by atoms with Gasteiger partial charge in [-0.25, -0.2) is 9.37 Å². The number of aromatic nitrogens is 1. The van der Waals surface area contributed by atoms with Crippen LogP contribution in [0.1, 0.15) is 22.3 Å². The second kappa shape index (κ2) is 5.25. The van der Waals surface area contributed by atoms with Gasteiger partial charge in [0.15, 0.2) is 0 Å². The minimum Gasteiger partial charge on any atom is -0.323 e. The Labute approximate surface area is 112 Å². The number of aryl methyl sites for hydroxylation is 1. The van der Waals surface area contributed by atoms with Crippen LogP contribution in [0.5, 0.6) is 0 Å². The smallest absolute Gasteiger partial charge is 0.129 e. The van der Waals surface area contributed by atoms with Crippen molar-refractivity contribution in [1.29, 1.82) is 0 Å². The van der Waals surface area contributed by atoms with Crippen molar-refractivity contribution in [3.63, 3.8) is 0 Å². The first-order chi connectivity index (χ1) is 8.08. The molecule has 2 aromatic rings. The molecule has 1 aromatic heterocycles. The highest BCUT2D eigenvalue weighted by molar-refractivity contribution is 9.10. The van der Waals surface area contributed by atoms with E-state index in [4.69, 9.17) is 5.73 Å². The van der Waals surface area contributed by atoms with Crippen LogP contribution in [-0.2, 0) is 6.42 Å². The lowest BCUT2D eigenvalue weighted by atomic mass is 10.0. The van der Waals surface area contributed by atoms with Crippen LogP contribution in [0, 0.1) is 12.7 Å². The monoisotopic (exact) mass is 314 g/mol. The molecule has 90 valence electrons. The van der Waals surface area contributed by atoms with E-state index in [0.29, 0.717) is 16.5 Å².